The third-order valence-corrected chi connectivity index (χ3v) is 4.18. The van der Waals surface area contributed by atoms with E-state index in [1.807, 2.05) is 39.8 Å². The molecule has 0 spiro atoms. The second kappa shape index (κ2) is 5.45. The summed E-state index contributed by atoms with van der Waals surface area (Å²) in [6.45, 7) is 8.02. The van der Waals surface area contributed by atoms with Gasteiger partial charge in [-0.05, 0) is 62.1 Å². The number of fused-ring (bicyclic) bond motifs is 1. The van der Waals surface area contributed by atoms with E-state index < -0.39 is 0 Å². The zero-order chi connectivity index (χ0) is 15.9. The highest BCUT2D eigenvalue weighted by Crippen LogP contribution is 2.19. The van der Waals surface area contributed by atoms with Crippen molar-refractivity contribution in [3.8, 4) is 0 Å². The Bertz CT molecular complexity index is 977. The van der Waals surface area contributed by atoms with E-state index in [9.17, 15) is 4.39 Å². The lowest BCUT2D eigenvalue weighted by Crippen LogP contribution is -2.22. The van der Waals surface area contributed by atoms with Crippen molar-refractivity contribution in [1.29, 1.82) is 0 Å². The molecule has 1 nitrogen and oxygen atoms in total. The summed E-state index contributed by atoms with van der Waals surface area (Å²) in [6, 6.07) is 11.0. The lowest BCUT2D eigenvalue weighted by atomic mass is 10.0. The van der Waals surface area contributed by atoms with Crippen molar-refractivity contribution < 1.29 is 8.81 Å². The highest BCUT2D eigenvalue weighted by molar-refractivity contribution is 5.83. The van der Waals surface area contributed by atoms with Gasteiger partial charge in [0.05, 0.1) is 0 Å². The molecule has 112 valence electrons. The lowest BCUT2D eigenvalue weighted by molar-refractivity contribution is 0.569. The molecule has 1 heterocycles. The van der Waals surface area contributed by atoms with Crippen molar-refractivity contribution in [2.75, 3.05) is 0 Å². The van der Waals surface area contributed by atoms with Crippen LogP contribution >= 0.6 is 0 Å². The van der Waals surface area contributed by atoms with E-state index in [-0.39, 0.29) is 5.82 Å². The van der Waals surface area contributed by atoms with E-state index in [1.54, 1.807) is 12.1 Å². The van der Waals surface area contributed by atoms with Crippen LogP contribution in [0.4, 0.5) is 4.39 Å². The standard InChI is InChI=1S/C20H19FO/c1-5-16-17-8-6-7-13(3)19(17)22-20(16)14(4)18-11-15(21)10-9-12(18)2/h5-11H,1-4H3/b16-5?,20-14+. The molecular weight excluding hydrogens is 275 g/mol. The minimum absolute atomic E-state index is 0.228. The van der Waals surface area contributed by atoms with Crippen LogP contribution in [-0.2, 0) is 0 Å². The van der Waals surface area contributed by atoms with Crippen LogP contribution < -0.4 is 10.6 Å². The summed E-state index contributed by atoms with van der Waals surface area (Å²) in [6.07, 6.45) is 2.05. The van der Waals surface area contributed by atoms with Gasteiger partial charge in [-0.25, -0.2) is 4.39 Å². The van der Waals surface area contributed by atoms with E-state index in [0.717, 1.165) is 43.9 Å². The van der Waals surface area contributed by atoms with Crippen molar-refractivity contribution in [2.24, 2.45) is 0 Å². The van der Waals surface area contributed by atoms with Gasteiger partial charge in [0.1, 0.15) is 16.8 Å². The van der Waals surface area contributed by atoms with E-state index in [1.165, 1.54) is 6.07 Å². The maximum absolute atomic E-state index is 13.6. The zero-order valence-electron chi connectivity index (χ0n) is 13.3. The summed E-state index contributed by atoms with van der Waals surface area (Å²) >= 11 is 0. The molecule has 2 heteroatoms. The van der Waals surface area contributed by atoms with Crippen LogP contribution in [0.2, 0.25) is 0 Å². The maximum atomic E-state index is 13.6. The van der Waals surface area contributed by atoms with Crippen LogP contribution in [0.3, 0.4) is 0 Å². The van der Waals surface area contributed by atoms with E-state index in [4.69, 9.17) is 4.42 Å². The lowest BCUT2D eigenvalue weighted by Gasteiger charge is -2.05. The van der Waals surface area contributed by atoms with Crippen LogP contribution in [0.25, 0.3) is 22.6 Å². The van der Waals surface area contributed by atoms with Gasteiger partial charge < -0.3 is 4.42 Å². The van der Waals surface area contributed by atoms with Gasteiger partial charge in [0.15, 0.2) is 0 Å². The van der Waals surface area contributed by atoms with Crippen molar-refractivity contribution in [1.82, 2.24) is 0 Å². The Morgan fingerprint density at radius 3 is 2.59 bits per heavy atom. The Hall–Kier alpha value is -2.35. The Balaban J connectivity index is 2.47. The van der Waals surface area contributed by atoms with Gasteiger partial charge in [0.2, 0.25) is 0 Å². The normalized spacial score (nSPS) is 13.8. The minimum Gasteiger partial charge on any atom is -0.455 e. The molecule has 0 aliphatic heterocycles. The van der Waals surface area contributed by atoms with Crippen molar-refractivity contribution >= 4 is 22.6 Å². The second-order valence-corrected chi connectivity index (χ2v) is 5.67. The number of para-hydroxylation sites is 1. The summed E-state index contributed by atoms with van der Waals surface area (Å²) in [5, 5.41) is 2.17. The fourth-order valence-electron chi connectivity index (χ4n) is 2.97. The average Bonchev–Trinajstić information content (AvgIpc) is 2.89. The Kier molecular flexibility index (Phi) is 3.61. The molecule has 2 aromatic carbocycles. The molecule has 3 rings (SSSR count). The fourth-order valence-corrected chi connectivity index (χ4v) is 2.97. The monoisotopic (exact) mass is 294 g/mol. The molecule has 0 atom stereocenters. The summed E-state index contributed by atoms with van der Waals surface area (Å²) in [5.41, 5.74) is 5.72. The van der Waals surface area contributed by atoms with Crippen LogP contribution in [0.15, 0.2) is 40.8 Å². The summed E-state index contributed by atoms with van der Waals surface area (Å²) < 4.78 is 19.8. The van der Waals surface area contributed by atoms with Crippen molar-refractivity contribution in [3.05, 3.63) is 69.5 Å². The molecule has 0 aliphatic carbocycles. The topological polar surface area (TPSA) is 13.1 Å². The molecule has 0 fully saturated rings. The number of rotatable bonds is 1. The van der Waals surface area contributed by atoms with Crippen LogP contribution in [-0.4, -0.2) is 0 Å². The van der Waals surface area contributed by atoms with Gasteiger partial charge >= 0.3 is 0 Å². The molecule has 0 bridgehead atoms. The largest absolute Gasteiger partial charge is 0.455 e. The molecule has 0 radical (unpaired) electrons. The molecule has 3 aromatic rings. The molecular formula is C20H19FO. The number of hydrogen-bond acceptors (Lipinski definition) is 1. The quantitative estimate of drug-likeness (QED) is 0.655. The van der Waals surface area contributed by atoms with E-state index in [2.05, 4.69) is 12.1 Å². The number of benzene rings is 2. The number of furan rings is 1. The first-order chi connectivity index (χ1) is 10.5. The highest BCUT2D eigenvalue weighted by atomic mass is 19.1. The van der Waals surface area contributed by atoms with E-state index >= 15 is 0 Å². The van der Waals surface area contributed by atoms with E-state index in [0.29, 0.717) is 0 Å². The van der Waals surface area contributed by atoms with Gasteiger partial charge in [-0.1, -0.05) is 30.3 Å². The Morgan fingerprint density at radius 1 is 1.09 bits per heavy atom. The zero-order valence-corrected chi connectivity index (χ0v) is 13.3. The maximum Gasteiger partial charge on any atom is 0.138 e. The smallest absolute Gasteiger partial charge is 0.138 e. The minimum atomic E-state index is -0.228. The van der Waals surface area contributed by atoms with Crippen molar-refractivity contribution in [2.45, 2.75) is 27.7 Å². The molecule has 0 N–H and O–H groups in total. The fraction of sp³-hybridized carbons (Fsp3) is 0.200. The summed E-state index contributed by atoms with van der Waals surface area (Å²) in [5.74, 6) is -0.228. The molecule has 22 heavy (non-hydrogen) atoms. The molecule has 0 saturated heterocycles. The van der Waals surface area contributed by atoms with Crippen LogP contribution in [0, 0.1) is 19.7 Å². The van der Waals surface area contributed by atoms with Gasteiger partial charge in [-0.3, -0.25) is 0 Å². The van der Waals surface area contributed by atoms with Gasteiger partial charge in [-0.2, -0.15) is 0 Å². The Morgan fingerprint density at radius 2 is 1.86 bits per heavy atom. The first-order valence-corrected chi connectivity index (χ1v) is 7.45. The third-order valence-electron chi connectivity index (χ3n) is 4.18. The summed E-state index contributed by atoms with van der Waals surface area (Å²) in [4.78, 5) is 0. The van der Waals surface area contributed by atoms with Crippen LogP contribution in [0.1, 0.15) is 30.5 Å². The highest BCUT2D eigenvalue weighted by Gasteiger charge is 2.10. The number of aryl methyl sites for hydroxylation is 2. The second-order valence-electron chi connectivity index (χ2n) is 5.67. The SMILES string of the molecule is CC=c1/c(=C(/C)c2cc(F)ccc2C)oc2c(C)cccc12. The number of hydrogen-bond donors (Lipinski definition) is 0. The number of halogens is 1. The molecule has 0 saturated carbocycles. The molecule has 0 unspecified atom stereocenters. The molecule has 0 amide bonds. The van der Waals surface area contributed by atoms with Gasteiger partial charge in [0, 0.05) is 10.6 Å². The molecule has 0 aliphatic rings. The first kappa shape index (κ1) is 14.6. The van der Waals surface area contributed by atoms with Gasteiger partial charge in [0.25, 0.3) is 0 Å². The van der Waals surface area contributed by atoms with Crippen LogP contribution in [0.5, 0.6) is 0 Å². The van der Waals surface area contributed by atoms with Gasteiger partial charge in [-0.15, -0.1) is 0 Å². The predicted molar refractivity (Wildman–Crippen MR) is 89.7 cm³/mol. The first-order valence-electron chi connectivity index (χ1n) is 7.45. The van der Waals surface area contributed by atoms with Crippen molar-refractivity contribution in [3.63, 3.8) is 0 Å². The molecule has 1 aromatic heterocycles. The Labute approximate surface area is 129 Å². The predicted octanol–water partition coefficient (Wildman–Crippen LogP) is 4.21. The third kappa shape index (κ3) is 2.25. The summed E-state index contributed by atoms with van der Waals surface area (Å²) in [7, 11) is 0. The average molecular weight is 294 g/mol.